The minimum atomic E-state index is -0.665. The second-order valence-electron chi connectivity index (χ2n) is 8.98. The smallest absolute Gasteiger partial charge is 0.342 e. The summed E-state index contributed by atoms with van der Waals surface area (Å²) in [5.41, 5.74) is 0.945. The Morgan fingerprint density at radius 1 is 1.07 bits per heavy atom. The minimum Gasteiger partial charge on any atom is -0.496 e. The van der Waals surface area contributed by atoms with E-state index in [1.807, 2.05) is 13.0 Å². The van der Waals surface area contributed by atoms with E-state index in [0.29, 0.717) is 23.5 Å². The highest BCUT2D eigenvalue weighted by molar-refractivity contribution is 5.98. The number of aryl methyl sites for hydroxylation is 1. The van der Waals surface area contributed by atoms with Gasteiger partial charge in [0, 0.05) is 5.54 Å². The van der Waals surface area contributed by atoms with E-state index < -0.39 is 24.5 Å². The van der Waals surface area contributed by atoms with Crippen molar-refractivity contribution in [2.45, 2.75) is 51.0 Å². The van der Waals surface area contributed by atoms with Gasteiger partial charge in [0.05, 0.1) is 7.11 Å². The van der Waals surface area contributed by atoms with Gasteiger partial charge in [0.25, 0.3) is 5.91 Å². The fourth-order valence-corrected chi connectivity index (χ4v) is 5.89. The average molecular weight is 400 g/mol. The summed E-state index contributed by atoms with van der Waals surface area (Å²) in [6, 6.07) is 4.63. The van der Waals surface area contributed by atoms with Gasteiger partial charge in [0.2, 0.25) is 0 Å². The topological polar surface area (TPSA) is 93.7 Å². The van der Waals surface area contributed by atoms with Crippen molar-refractivity contribution in [3.8, 4) is 5.75 Å². The van der Waals surface area contributed by atoms with Crippen molar-refractivity contribution in [3.05, 3.63) is 29.3 Å². The molecule has 0 saturated heterocycles. The summed E-state index contributed by atoms with van der Waals surface area (Å²) in [5, 5.41) is 5.37. The SMILES string of the molecule is COc1ccc(C)cc1C(=O)OCC(=O)NC(=O)NC12CC3CC(CC(C3)C1)C2. The Morgan fingerprint density at radius 3 is 2.28 bits per heavy atom. The van der Waals surface area contributed by atoms with Crippen LogP contribution < -0.4 is 15.4 Å². The van der Waals surface area contributed by atoms with E-state index in [4.69, 9.17) is 9.47 Å². The van der Waals surface area contributed by atoms with E-state index in [2.05, 4.69) is 10.6 Å². The summed E-state index contributed by atoms with van der Waals surface area (Å²) in [7, 11) is 1.46. The number of rotatable bonds is 5. The summed E-state index contributed by atoms with van der Waals surface area (Å²) < 4.78 is 10.2. The first kappa shape index (κ1) is 19.7. The lowest BCUT2D eigenvalue weighted by Crippen LogP contribution is -2.62. The first-order chi connectivity index (χ1) is 13.9. The zero-order valence-corrected chi connectivity index (χ0v) is 17.0. The maximum Gasteiger partial charge on any atom is 0.342 e. The number of carbonyl (C=O) groups is 3. The van der Waals surface area contributed by atoms with E-state index >= 15 is 0 Å². The molecule has 4 fully saturated rings. The van der Waals surface area contributed by atoms with Crippen LogP contribution in [-0.4, -0.2) is 37.2 Å². The molecule has 5 rings (SSSR count). The van der Waals surface area contributed by atoms with E-state index in [1.165, 1.54) is 26.4 Å². The van der Waals surface area contributed by atoms with Gasteiger partial charge in [-0.3, -0.25) is 10.1 Å². The quantitative estimate of drug-likeness (QED) is 0.741. The predicted molar refractivity (Wildman–Crippen MR) is 106 cm³/mol. The van der Waals surface area contributed by atoms with Gasteiger partial charge in [-0.2, -0.15) is 0 Å². The monoisotopic (exact) mass is 400 g/mol. The molecule has 4 bridgehead atoms. The van der Waals surface area contributed by atoms with E-state index in [-0.39, 0.29) is 11.1 Å². The zero-order valence-electron chi connectivity index (χ0n) is 17.0. The van der Waals surface area contributed by atoms with Crippen molar-refractivity contribution >= 4 is 17.9 Å². The Kier molecular flexibility index (Phi) is 5.23. The molecule has 0 aliphatic heterocycles. The first-order valence-corrected chi connectivity index (χ1v) is 10.3. The molecule has 0 radical (unpaired) electrons. The molecule has 29 heavy (non-hydrogen) atoms. The number of ether oxygens (including phenoxy) is 2. The van der Waals surface area contributed by atoms with Gasteiger partial charge >= 0.3 is 12.0 Å². The van der Waals surface area contributed by atoms with Crippen molar-refractivity contribution in [2.75, 3.05) is 13.7 Å². The summed E-state index contributed by atoms with van der Waals surface area (Å²) in [4.78, 5) is 36.8. The molecule has 4 saturated carbocycles. The summed E-state index contributed by atoms with van der Waals surface area (Å²) in [6.07, 6.45) is 6.84. The van der Waals surface area contributed by atoms with Crippen LogP contribution in [0, 0.1) is 24.7 Å². The van der Waals surface area contributed by atoms with Crippen LogP contribution in [0.5, 0.6) is 5.75 Å². The molecule has 0 aromatic heterocycles. The lowest BCUT2D eigenvalue weighted by Gasteiger charge is -2.56. The zero-order chi connectivity index (χ0) is 20.6. The number of hydrogen-bond donors (Lipinski definition) is 2. The molecule has 7 nitrogen and oxygen atoms in total. The molecule has 0 spiro atoms. The normalized spacial score (nSPS) is 29.2. The van der Waals surface area contributed by atoms with Gasteiger partial charge in [-0.1, -0.05) is 11.6 Å². The van der Waals surface area contributed by atoms with Crippen LogP contribution in [-0.2, 0) is 9.53 Å². The second-order valence-corrected chi connectivity index (χ2v) is 8.98. The van der Waals surface area contributed by atoms with Gasteiger partial charge in [-0.15, -0.1) is 0 Å². The molecule has 7 heteroatoms. The van der Waals surface area contributed by atoms with Crippen molar-refractivity contribution in [2.24, 2.45) is 17.8 Å². The number of amides is 3. The van der Waals surface area contributed by atoms with Crippen molar-refractivity contribution < 1.29 is 23.9 Å². The Morgan fingerprint density at radius 2 is 1.69 bits per heavy atom. The number of carbonyl (C=O) groups excluding carboxylic acids is 3. The van der Waals surface area contributed by atoms with Gasteiger partial charge in [0.15, 0.2) is 6.61 Å². The maximum absolute atomic E-state index is 12.4. The highest BCUT2D eigenvalue weighted by Crippen LogP contribution is 2.55. The number of hydrogen-bond acceptors (Lipinski definition) is 5. The van der Waals surface area contributed by atoms with Crippen LogP contribution in [0.15, 0.2) is 18.2 Å². The molecule has 4 aliphatic rings. The number of methoxy groups -OCH3 is 1. The third-order valence-electron chi connectivity index (χ3n) is 6.58. The average Bonchev–Trinajstić information content (AvgIpc) is 2.64. The Balaban J connectivity index is 1.28. The Bertz CT molecular complexity index is 799. The summed E-state index contributed by atoms with van der Waals surface area (Å²) in [5.74, 6) is 1.16. The number of benzene rings is 1. The molecule has 156 valence electrons. The highest BCUT2D eigenvalue weighted by Gasteiger charge is 2.51. The number of imide groups is 1. The molecule has 0 heterocycles. The summed E-state index contributed by atoms with van der Waals surface area (Å²) >= 11 is 0. The largest absolute Gasteiger partial charge is 0.496 e. The van der Waals surface area contributed by atoms with Gasteiger partial charge in [-0.25, -0.2) is 9.59 Å². The Hall–Kier alpha value is -2.57. The molecule has 0 unspecified atom stereocenters. The molecule has 1 aromatic carbocycles. The second kappa shape index (κ2) is 7.69. The molecule has 0 atom stereocenters. The fourth-order valence-electron chi connectivity index (χ4n) is 5.89. The van der Waals surface area contributed by atoms with E-state index in [1.54, 1.807) is 12.1 Å². The Labute approximate surface area is 170 Å². The van der Waals surface area contributed by atoms with Crippen LogP contribution in [0.3, 0.4) is 0 Å². The number of urea groups is 1. The molecular weight excluding hydrogens is 372 g/mol. The first-order valence-electron chi connectivity index (χ1n) is 10.3. The maximum atomic E-state index is 12.4. The highest BCUT2D eigenvalue weighted by atomic mass is 16.5. The van der Waals surface area contributed by atoms with Gasteiger partial charge in [0.1, 0.15) is 11.3 Å². The van der Waals surface area contributed by atoms with Crippen LogP contribution >= 0.6 is 0 Å². The van der Waals surface area contributed by atoms with Gasteiger partial charge in [-0.05, 0) is 75.3 Å². The summed E-state index contributed by atoms with van der Waals surface area (Å²) in [6.45, 7) is 1.32. The van der Waals surface area contributed by atoms with Crippen molar-refractivity contribution in [1.82, 2.24) is 10.6 Å². The molecule has 3 amide bonds. The molecule has 4 aliphatic carbocycles. The fraction of sp³-hybridized carbons (Fsp3) is 0.591. The molecular formula is C22H28N2O5. The number of nitrogens with one attached hydrogen (secondary N) is 2. The lowest BCUT2D eigenvalue weighted by atomic mass is 9.53. The minimum absolute atomic E-state index is 0.176. The van der Waals surface area contributed by atoms with Crippen LogP contribution in [0.2, 0.25) is 0 Å². The van der Waals surface area contributed by atoms with Crippen LogP contribution in [0.25, 0.3) is 0 Å². The molecule has 1 aromatic rings. The third kappa shape index (κ3) is 4.23. The third-order valence-corrected chi connectivity index (χ3v) is 6.58. The van der Waals surface area contributed by atoms with E-state index in [9.17, 15) is 14.4 Å². The van der Waals surface area contributed by atoms with Gasteiger partial charge < -0.3 is 14.8 Å². The van der Waals surface area contributed by atoms with Crippen LogP contribution in [0.4, 0.5) is 4.79 Å². The molecule has 2 N–H and O–H groups in total. The predicted octanol–water partition coefficient (Wildman–Crippen LogP) is 2.96. The standard InChI is InChI=1S/C22H28N2O5/c1-13-3-4-18(28-2)17(5-13)20(26)29-12-19(25)23-21(27)24-22-9-14-6-15(10-22)8-16(7-14)11-22/h3-5,14-16H,6-12H2,1-2H3,(H2,23,24,25,27). The van der Waals surface area contributed by atoms with Crippen molar-refractivity contribution in [3.63, 3.8) is 0 Å². The van der Waals surface area contributed by atoms with Crippen LogP contribution in [0.1, 0.15) is 54.4 Å². The number of esters is 1. The van der Waals surface area contributed by atoms with E-state index in [0.717, 1.165) is 24.8 Å². The lowest BCUT2D eigenvalue weighted by molar-refractivity contribution is -0.123. The van der Waals surface area contributed by atoms with Crippen molar-refractivity contribution in [1.29, 1.82) is 0 Å².